The summed E-state index contributed by atoms with van der Waals surface area (Å²) in [6.07, 6.45) is -10.5. The Morgan fingerprint density at radius 3 is 2.24 bits per heavy atom. The van der Waals surface area contributed by atoms with E-state index in [2.05, 4.69) is 0 Å². The van der Waals surface area contributed by atoms with Crippen molar-refractivity contribution in [3.8, 4) is 34.5 Å². The molecule has 0 spiro atoms. The minimum Gasteiger partial charge on any atom is -0.507 e. The lowest BCUT2D eigenvalue weighted by Gasteiger charge is -2.40. The Kier molecular flexibility index (Phi) is 6.14. The predicted molar refractivity (Wildman–Crippen MR) is 107 cm³/mol. The van der Waals surface area contributed by atoms with Gasteiger partial charge < -0.3 is 60.2 Å². The monoisotopic (exact) mass is 468 g/mol. The van der Waals surface area contributed by atoms with E-state index in [1.165, 1.54) is 18.2 Å². The molecule has 1 saturated heterocycles. The molecule has 2 aromatic rings. The Labute approximate surface area is 186 Å². The fourth-order valence-electron chi connectivity index (χ4n) is 3.90. The molecule has 33 heavy (non-hydrogen) atoms. The maximum absolute atomic E-state index is 10.6. The van der Waals surface area contributed by atoms with Gasteiger partial charge in [0.2, 0.25) is 12.0 Å². The van der Waals surface area contributed by atoms with Crippen molar-refractivity contribution >= 4 is 0 Å². The Morgan fingerprint density at radius 1 is 0.848 bits per heavy atom. The molecule has 1 fully saturated rings. The van der Waals surface area contributed by atoms with Crippen molar-refractivity contribution in [1.82, 2.24) is 0 Å². The molecule has 180 valence electrons. The highest BCUT2D eigenvalue weighted by atomic mass is 16.7. The predicted octanol–water partition coefficient (Wildman–Crippen LogP) is -1.28. The summed E-state index contributed by atoms with van der Waals surface area (Å²) >= 11 is 0. The number of phenolic OH excluding ortho intramolecular Hbond substituents is 4. The van der Waals surface area contributed by atoms with Gasteiger partial charge in [-0.2, -0.15) is 0 Å². The third-order valence-corrected chi connectivity index (χ3v) is 5.71. The molecular formula is C21H24O12. The molecule has 2 aliphatic rings. The highest BCUT2D eigenvalue weighted by Crippen LogP contribution is 2.51. The summed E-state index contributed by atoms with van der Waals surface area (Å²) in [6.45, 7) is -0.695. The van der Waals surface area contributed by atoms with Gasteiger partial charge in [-0.15, -0.1) is 0 Å². The van der Waals surface area contributed by atoms with Crippen LogP contribution in [0.5, 0.6) is 34.5 Å². The van der Waals surface area contributed by atoms with Gasteiger partial charge in [-0.05, 0) is 17.7 Å². The first-order chi connectivity index (χ1) is 15.6. The smallest absolute Gasteiger partial charge is 0.229 e. The van der Waals surface area contributed by atoms with E-state index in [1.54, 1.807) is 0 Å². The lowest BCUT2D eigenvalue weighted by Crippen LogP contribution is -2.60. The number of fused-ring (bicyclic) bond motifs is 1. The van der Waals surface area contributed by atoms with E-state index in [0.717, 1.165) is 6.07 Å². The second-order valence-electron chi connectivity index (χ2n) is 7.92. The number of rotatable bonds is 4. The molecule has 2 heterocycles. The minimum atomic E-state index is -1.77. The fourth-order valence-corrected chi connectivity index (χ4v) is 3.90. The van der Waals surface area contributed by atoms with Gasteiger partial charge in [0, 0.05) is 18.1 Å². The number of ether oxygens (including phenoxy) is 3. The number of hydrogen-bond donors (Lipinski definition) is 9. The minimum absolute atomic E-state index is 0.0686. The van der Waals surface area contributed by atoms with Crippen LogP contribution in [0.25, 0.3) is 0 Å². The average Bonchev–Trinajstić information content (AvgIpc) is 2.78. The summed E-state index contributed by atoms with van der Waals surface area (Å²) in [6, 6.07) is 4.70. The Morgan fingerprint density at radius 2 is 1.58 bits per heavy atom. The lowest BCUT2D eigenvalue weighted by molar-refractivity contribution is -0.278. The number of phenols is 4. The summed E-state index contributed by atoms with van der Waals surface area (Å²) in [7, 11) is 0. The molecule has 12 nitrogen and oxygen atoms in total. The van der Waals surface area contributed by atoms with E-state index < -0.39 is 72.5 Å². The van der Waals surface area contributed by atoms with Crippen LogP contribution in [-0.2, 0) is 11.2 Å². The van der Waals surface area contributed by atoms with Crippen LogP contribution in [0.2, 0.25) is 0 Å². The van der Waals surface area contributed by atoms with Gasteiger partial charge in [0.15, 0.2) is 29.1 Å². The van der Waals surface area contributed by atoms with Crippen LogP contribution in [0.15, 0.2) is 24.3 Å². The summed E-state index contributed by atoms with van der Waals surface area (Å²) in [5, 5.41) is 90.1. The van der Waals surface area contributed by atoms with Crippen LogP contribution >= 0.6 is 0 Å². The Balaban J connectivity index is 1.70. The summed E-state index contributed by atoms with van der Waals surface area (Å²) < 4.78 is 16.7. The highest BCUT2D eigenvalue weighted by molar-refractivity contribution is 5.62. The number of aliphatic hydroxyl groups excluding tert-OH is 5. The molecule has 0 radical (unpaired) electrons. The zero-order chi connectivity index (χ0) is 24.0. The topological polar surface area (TPSA) is 210 Å². The maximum Gasteiger partial charge on any atom is 0.229 e. The van der Waals surface area contributed by atoms with Crippen LogP contribution in [-0.4, -0.2) is 89.4 Å². The average molecular weight is 468 g/mol. The van der Waals surface area contributed by atoms with E-state index in [-0.39, 0.29) is 29.0 Å². The zero-order valence-electron chi connectivity index (χ0n) is 17.0. The van der Waals surface area contributed by atoms with Gasteiger partial charge in [-0.25, -0.2) is 0 Å². The second-order valence-corrected chi connectivity index (χ2v) is 7.92. The SMILES string of the molecule is OC[C@H]1OC(Oc2c(O)cc(O)c3c2OC(c2ccc(O)c(O)c2)C(O)C3)[C@H](O)[C@@H](O)[C@@H]1O. The molecule has 4 rings (SSSR count). The molecule has 2 aliphatic heterocycles. The third kappa shape index (κ3) is 4.08. The summed E-state index contributed by atoms with van der Waals surface area (Å²) in [5.41, 5.74) is 0.337. The number of benzene rings is 2. The third-order valence-electron chi connectivity index (χ3n) is 5.71. The zero-order valence-corrected chi connectivity index (χ0v) is 17.0. The number of aromatic hydroxyl groups is 4. The van der Waals surface area contributed by atoms with Gasteiger partial charge in [0.25, 0.3) is 0 Å². The van der Waals surface area contributed by atoms with Crippen LogP contribution < -0.4 is 9.47 Å². The van der Waals surface area contributed by atoms with E-state index >= 15 is 0 Å². The Hall–Kier alpha value is -3.00. The first-order valence-electron chi connectivity index (χ1n) is 10.0. The van der Waals surface area contributed by atoms with Crippen molar-refractivity contribution in [1.29, 1.82) is 0 Å². The van der Waals surface area contributed by atoms with Crippen molar-refractivity contribution in [2.45, 2.75) is 49.3 Å². The fraction of sp³-hybridized carbons (Fsp3) is 0.429. The van der Waals surface area contributed by atoms with Gasteiger partial charge in [-0.1, -0.05) is 6.07 Å². The number of aliphatic hydroxyl groups is 5. The van der Waals surface area contributed by atoms with Gasteiger partial charge in [0.1, 0.15) is 30.2 Å². The van der Waals surface area contributed by atoms with Crippen molar-refractivity contribution in [3.05, 3.63) is 35.4 Å². The largest absolute Gasteiger partial charge is 0.507 e. The van der Waals surface area contributed by atoms with Crippen LogP contribution in [0.3, 0.4) is 0 Å². The van der Waals surface area contributed by atoms with E-state index in [9.17, 15) is 46.0 Å². The molecular weight excluding hydrogens is 444 g/mol. The highest BCUT2D eigenvalue weighted by Gasteiger charge is 2.46. The summed E-state index contributed by atoms with van der Waals surface area (Å²) in [5.74, 6) is -2.46. The van der Waals surface area contributed by atoms with Gasteiger partial charge in [-0.3, -0.25) is 0 Å². The van der Waals surface area contributed by atoms with Crippen LogP contribution in [0.1, 0.15) is 17.2 Å². The van der Waals surface area contributed by atoms with Crippen LogP contribution in [0, 0.1) is 0 Å². The van der Waals surface area contributed by atoms with Crippen molar-refractivity contribution in [3.63, 3.8) is 0 Å². The van der Waals surface area contributed by atoms with E-state index in [1.807, 2.05) is 0 Å². The standard InChI is InChI=1S/C21H24O12/c22-6-14-15(28)16(29)17(30)21(31-14)33-20-13(27)5-10(24)8-4-12(26)18(32-19(8)20)7-1-2-9(23)11(25)3-7/h1-3,5,12,14-18,21-30H,4,6H2/t12?,14-,15-,16+,17-,18?,21?/m1/s1. The molecule has 0 bridgehead atoms. The van der Waals surface area contributed by atoms with Crippen molar-refractivity contribution < 1.29 is 60.2 Å². The quantitative estimate of drug-likeness (QED) is 0.240. The molecule has 0 aromatic heterocycles. The molecule has 3 unspecified atom stereocenters. The maximum atomic E-state index is 10.6. The first-order valence-corrected chi connectivity index (χ1v) is 10.0. The van der Waals surface area contributed by atoms with Gasteiger partial charge >= 0.3 is 0 Å². The molecule has 0 aliphatic carbocycles. The molecule has 2 aromatic carbocycles. The summed E-state index contributed by atoms with van der Waals surface area (Å²) in [4.78, 5) is 0. The van der Waals surface area contributed by atoms with Crippen molar-refractivity contribution in [2.24, 2.45) is 0 Å². The van der Waals surface area contributed by atoms with E-state index in [4.69, 9.17) is 14.2 Å². The molecule has 0 amide bonds. The lowest BCUT2D eigenvalue weighted by atomic mass is 9.93. The molecule has 12 heteroatoms. The second kappa shape index (κ2) is 8.74. The first kappa shape index (κ1) is 23.2. The van der Waals surface area contributed by atoms with Crippen molar-refractivity contribution in [2.75, 3.05) is 6.61 Å². The van der Waals surface area contributed by atoms with Crippen LogP contribution in [0.4, 0.5) is 0 Å². The molecule has 0 saturated carbocycles. The number of hydrogen-bond acceptors (Lipinski definition) is 12. The van der Waals surface area contributed by atoms with Gasteiger partial charge in [0.05, 0.1) is 12.7 Å². The normalized spacial score (nSPS) is 31.5. The Bertz CT molecular complexity index is 1020. The van der Waals surface area contributed by atoms with E-state index in [0.29, 0.717) is 0 Å². The molecule has 7 atom stereocenters. The molecule has 9 N–H and O–H groups in total.